The summed E-state index contributed by atoms with van der Waals surface area (Å²) in [6.45, 7) is 2.58. The molecule has 1 aromatic heterocycles. The van der Waals surface area contributed by atoms with Crippen molar-refractivity contribution in [2.24, 2.45) is 0 Å². The minimum Gasteiger partial charge on any atom is -0.497 e. The summed E-state index contributed by atoms with van der Waals surface area (Å²) < 4.78 is 16.5. The largest absolute Gasteiger partial charge is 0.497 e. The standard InChI is InChI=1S/C17H18N2O3/c1-12(21-14-9-7-13(20-2)8-10-14)11-18-17-19-15-5-3-4-6-16(15)22-17/h3-10,12H,11H2,1-2H3,(H,18,19). The van der Waals surface area contributed by atoms with Gasteiger partial charge in [0.15, 0.2) is 5.58 Å². The molecule has 5 nitrogen and oxygen atoms in total. The molecule has 0 radical (unpaired) electrons. The number of ether oxygens (including phenoxy) is 2. The van der Waals surface area contributed by atoms with Gasteiger partial charge >= 0.3 is 0 Å². The molecule has 0 bridgehead atoms. The lowest BCUT2D eigenvalue weighted by Gasteiger charge is -2.14. The molecule has 5 heteroatoms. The molecule has 0 aliphatic heterocycles. The summed E-state index contributed by atoms with van der Waals surface area (Å²) in [4.78, 5) is 4.36. The van der Waals surface area contributed by atoms with Gasteiger partial charge < -0.3 is 19.2 Å². The van der Waals surface area contributed by atoms with Crippen molar-refractivity contribution < 1.29 is 13.9 Å². The van der Waals surface area contributed by atoms with Gasteiger partial charge in [-0.1, -0.05) is 12.1 Å². The number of fused-ring (bicyclic) bond motifs is 1. The molecule has 1 atom stereocenters. The molecule has 3 aromatic rings. The summed E-state index contributed by atoms with van der Waals surface area (Å²) >= 11 is 0. The number of nitrogens with zero attached hydrogens (tertiary/aromatic N) is 1. The highest BCUT2D eigenvalue weighted by atomic mass is 16.5. The van der Waals surface area contributed by atoms with Crippen molar-refractivity contribution in [2.75, 3.05) is 19.0 Å². The average Bonchev–Trinajstić information content (AvgIpc) is 2.96. The summed E-state index contributed by atoms with van der Waals surface area (Å²) in [5.41, 5.74) is 1.61. The van der Waals surface area contributed by atoms with Crippen LogP contribution in [0.2, 0.25) is 0 Å². The Morgan fingerprint density at radius 1 is 1.09 bits per heavy atom. The van der Waals surface area contributed by atoms with E-state index in [0.29, 0.717) is 12.6 Å². The highest BCUT2D eigenvalue weighted by molar-refractivity contribution is 5.74. The van der Waals surface area contributed by atoms with Crippen molar-refractivity contribution in [3.05, 3.63) is 48.5 Å². The topological polar surface area (TPSA) is 56.5 Å². The van der Waals surface area contributed by atoms with Crippen LogP contribution in [0.5, 0.6) is 11.5 Å². The van der Waals surface area contributed by atoms with Gasteiger partial charge in [-0.05, 0) is 43.3 Å². The van der Waals surface area contributed by atoms with Crippen LogP contribution in [0.4, 0.5) is 6.01 Å². The zero-order valence-corrected chi connectivity index (χ0v) is 12.6. The Hall–Kier alpha value is -2.69. The van der Waals surface area contributed by atoms with Gasteiger partial charge in [0.25, 0.3) is 6.01 Å². The van der Waals surface area contributed by atoms with E-state index in [1.54, 1.807) is 7.11 Å². The molecule has 1 N–H and O–H groups in total. The molecule has 0 spiro atoms. The molecule has 0 fully saturated rings. The number of benzene rings is 2. The van der Waals surface area contributed by atoms with E-state index in [9.17, 15) is 0 Å². The SMILES string of the molecule is COc1ccc(OC(C)CNc2nc3ccccc3o2)cc1. The molecule has 0 saturated heterocycles. The third kappa shape index (κ3) is 3.31. The third-order valence-electron chi connectivity index (χ3n) is 3.23. The fourth-order valence-corrected chi connectivity index (χ4v) is 2.11. The van der Waals surface area contributed by atoms with Gasteiger partial charge in [-0.15, -0.1) is 0 Å². The molecule has 0 saturated carbocycles. The average molecular weight is 298 g/mol. The Labute approximate surface area is 128 Å². The minimum atomic E-state index is -0.0246. The third-order valence-corrected chi connectivity index (χ3v) is 3.23. The Kier molecular flexibility index (Phi) is 4.14. The highest BCUT2D eigenvalue weighted by Gasteiger charge is 2.08. The van der Waals surface area contributed by atoms with Crippen molar-refractivity contribution in [2.45, 2.75) is 13.0 Å². The van der Waals surface area contributed by atoms with Gasteiger partial charge in [-0.3, -0.25) is 0 Å². The number of nitrogens with one attached hydrogen (secondary N) is 1. The van der Waals surface area contributed by atoms with Crippen molar-refractivity contribution in [3.63, 3.8) is 0 Å². The van der Waals surface area contributed by atoms with Crippen LogP contribution in [-0.4, -0.2) is 24.7 Å². The molecule has 3 rings (SSSR count). The van der Waals surface area contributed by atoms with E-state index in [1.165, 1.54) is 0 Å². The van der Waals surface area contributed by atoms with Crippen LogP contribution < -0.4 is 14.8 Å². The fraction of sp³-hybridized carbons (Fsp3) is 0.235. The van der Waals surface area contributed by atoms with Crippen molar-refractivity contribution >= 4 is 17.1 Å². The minimum absolute atomic E-state index is 0.0246. The number of anilines is 1. The maximum absolute atomic E-state index is 5.82. The van der Waals surface area contributed by atoms with Gasteiger partial charge in [-0.2, -0.15) is 4.98 Å². The number of hydrogen-bond donors (Lipinski definition) is 1. The molecule has 0 aliphatic rings. The molecule has 22 heavy (non-hydrogen) atoms. The molecule has 1 heterocycles. The molecule has 2 aromatic carbocycles. The van der Waals surface area contributed by atoms with Crippen LogP contribution in [0, 0.1) is 0 Å². The normalized spacial score (nSPS) is 12.1. The summed E-state index contributed by atoms with van der Waals surface area (Å²) in [7, 11) is 1.64. The Morgan fingerprint density at radius 3 is 2.55 bits per heavy atom. The first-order valence-electron chi connectivity index (χ1n) is 7.15. The number of hydrogen-bond acceptors (Lipinski definition) is 5. The monoisotopic (exact) mass is 298 g/mol. The van der Waals surface area contributed by atoms with Gasteiger partial charge in [0, 0.05) is 0 Å². The second-order valence-electron chi connectivity index (χ2n) is 4.97. The zero-order chi connectivity index (χ0) is 15.4. The fourth-order valence-electron chi connectivity index (χ4n) is 2.11. The second kappa shape index (κ2) is 6.39. The molecular formula is C17H18N2O3. The van der Waals surface area contributed by atoms with E-state index in [0.717, 1.165) is 22.6 Å². The van der Waals surface area contributed by atoms with Crippen LogP contribution >= 0.6 is 0 Å². The number of methoxy groups -OCH3 is 1. The lowest BCUT2D eigenvalue weighted by molar-refractivity contribution is 0.233. The van der Waals surface area contributed by atoms with E-state index < -0.39 is 0 Å². The quantitative estimate of drug-likeness (QED) is 0.751. The van der Waals surface area contributed by atoms with Gasteiger partial charge in [0.05, 0.1) is 13.7 Å². The van der Waals surface area contributed by atoms with Crippen LogP contribution in [-0.2, 0) is 0 Å². The van der Waals surface area contributed by atoms with E-state index >= 15 is 0 Å². The maximum atomic E-state index is 5.82. The van der Waals surface area contributed by atoms with Crippen LogP contribution in [0.15, 0.2) is 52.9 Å². The highest BCUT2D eigenvalue weighted by Crippen LogP contribution is 2.20. The van der Waals surface area contributed by atoms with E-state index in [2.05, 4.69) is 10.3 Å². The second-order valence-corrected chi connectivity index (χ2v) is 4.97. The van der Waals surface area contributed by atoms with Crippen molar-refractivity contribution in [1.82, 2.24) is 4.98 Å². The summed E-state index contributed by atoms with van der Waals surface area (Å²) in [6, 6.07) is 15.7. The van der Waals surface area contributed by atoms with E-state index in [-0.39, 0.29) is 6.10 Å². The molecule has 1 unspecified atom stereocenters. The smallest absolute Gasteiger partial charge is 0.295 e. The number of rotatable bonds is 6. The molecule has 0 aliphatic carbocycles. The molecule has 114 valence electrons. The zero-order valence-electron chi connectivity index (χ0n) is 12.6. The lowest BCUT2D eigenvalue weighted by atomic mass is 10.3. The number of oxazole rings is 1. The summed E-state index contributed by atoms with van der Waals surface area (Å²) in [6.07, 6.45) is -0.0246. The Bertz CT molecular complexity index is 704. The van der Waals surface area contributed by atoms with E-state index in [4.69, 9.17) is 13.9 Å². The van der Waals surface area contributed by atoms with Gasteiger partial charge in [0.2, 0.25) is 0 Å². The maximum Gasteiger partial charge on any atom is 0.295 e. The van der Waals surface area contributed by atoms with Crippen LogP contribution in [0.25, 0.3) is 11.1 Å². The Balaban J connectivity index is 1.55. The first kappa shape index (κ1) is 14.3. The first-order chi connectivity index (χ1) is 10.7. The molecule has 0 amide bonds. The van der Waals surface area contributed by atoms with Crippen molar-refractivity contribution in [3.8, 4) is 11.5 Å². The Morgan fingerprint density at radius 2 is 1.82 bits per heavy atom. The van der Waals surface area contributed by atoms with Gasteiger partial charge in [-0.25, -0.2) is 0 Å². The summed E-state index contributed by atoms with van der Waals surface area (Å²) in [5, 5.41) is 3.15. The predicted molar refractivity (Wildman–Crippen MR) is 85.6 cm³/mol. The van der Waals surface area contributed by atoms with E-state index in [1.807, 2.05) is 55.5 Å². The molecular weight excluding hydrogens is 280 g/mol. The lowest BCUT2D eigenvalue weighted by Crippen LogP contribution is -2.22. The van der Waals surface area contributed by atoms with Crippen LogP contribution in [0.3, 0.4) is 0 Å². The van der Waals surface area contributed by atoms with Crippen LogP contribution in [0.1, 0.15) is 6.92 Å². The van der Waals surface area contributed by atoms with Crippen molar-refractivity contribution in [1.29, 1.82) is 0 Å². The number of aromatic nitrogens is 1. The predicted octanol–water partition coefficient (Wildman–Crippen LogP) is 3.72. The summed E-state index contributed by atoms with van der Waals surface area (Å²) in [5.74, 6) is 1.61. The number of para-hydroxylation sites is 2. The van der Waals surface area contributed by atoms with Gasteiger partial charge in [0.1, 0.15) is 23.1 Å². The first-order valence-corrected chi connectivity index (χ1v) is 7.15.